The average Bonchev–Trinajstić information content (AvgIpc) is 2.34. The summed E-state index contributed by atoms with van der Waals surface area (Å²) in [6.45, 7) is 3.54. The summed E-state index contributed by atoms with van der Waals surface area (Å²) in [4.78, 5) is 33.7. The highest BCUT2D eigenvalue weighted by Crippen LogP contribution is 1.92. The van der Waals surface area contributed by atoms with E-state index in [0.717, 1.165) is 6.42 Å². The van der Waals surface area contributed by atoms with Crippen molar-refractivity contribution in [3.63, 3.8) is 0 Å². The predicted octanol–water partition coefficient (Wildman–Crippen LogP) is -0.964. The molecule has 0 saturated heterocycles. The van der Waals surface area contributed by atoms with Crippen LogP contribution in [0.2, 0.25) is 0 Å². The van der Waals surface area contributed by atoms with Crippen LogP contribution >= 0.6 is 0 Å². The average molecular weight is 275 g/mol. The highest BCUT2D eigenvalue weighted by Gasteiger charge is 2.21. The number of hydrogen-bond donors (Lipinski definition) is 5. The summed E-state index contributed by atoms with van der Waals surface area (Å²) < 4.78 is 0. The smallest absolute Gasteiger partial charge is 0.326 e. The van der Waals surface area contributed by atoms with Gasteiger partial charge in [-0.15, -0.1) is 0 Å². The van der Waals surface area contributed by atoms with Gasteiger partial charge in [0.15, 0.2) is 0 Å². The van der Waals surface area contributed by atoms with Crippen LogP contribution in [0.3, 0.4) is 0 Å². The highest BCUT2D eigenvalue weighted by atomic mass is 16.4. The van der Waals surface area contributed by atoms with Crippen LogP contribution in [0.1, 0.15) is 26.7 Å². The van der Waals surface area contributed by atoms with Crippen molar-refractivity contribution in [3.05, 3.63) is 0 Å². The first-order valence-electron chi connectivity index (χ1n) is 6.10. The van der Waals surface area contributed by atoms with Crippen LogP contribution in [0.5, 0.6) is 0 Å². The summed E-state index contributed by atoms with van der Waals surface area (Å²) in [6, 6.07) is -2.72. The van der Waals surface area contributed by atoms with Crippen molar-refractivity contribution in [2.24, 2.45) is 0 Å². The van der Waals surface area contributed by atoms with Crippen LogP contribution in [-0.4, -0.2) is 53.4 Å². The zero-order valence-electron chi connectivity index (χ0n) is 11.1. The van der Waals surface area contributed by atoms with Gasteiger partial charge in [-0.25, -0.2) is 9.59 Å². The van der Waals surface area contributed by atoms with E-state index in [4.69, 9.17) is 10.2 Å². The van der Waals surface area contributed by atoms with Crippen molar-refractivity contribution in [2.45, 2.75) is 38.8 Å². The SMILES string of the molecule is CCCNC(=O)C(C)NC(=O)N[C@H](CCO)C(=O)O. The number of carboxylic acids is 1. The van der Waals surface area contributed by atoms with Gasteiger partial charge in [-0.3, -0.25) is 4.79 Å². The minimum atomic E-state index is -1.24. The first-order valence-corrected chi connectivity index (χ1v) is 6.10. The normalized spacial score (nSPS) is 13.2. The topological polar surface area (TPSA) is 128 Å². The maximum Gasteiger partial charge on any atom is 0.326 e. The number of carbonyl (C=O) groups is 3. The summed E-state index contributed by atoms with van der Waals surface area (Å²) in [6.07, 6.45) is 0.682. The summed E-state index contributed by atoms with van der Waals surface area (Å²) >= 11 is 0. The molecule has 5 N–H and O–H groups in total. The Kier molecular flexibility index (Phi) is 8.27. The van der Waals surface area contributed by atoms with E-state index in [1.165, 1.54) is 6.92 Å². The van der Waals surface area contributed by atoms with Gasteiger partial charge in [0, 0.05) is 19.6 Å². The third-order valence-electron chi connectivity index (χ3n) is 2.31. The maximum absolute atomic E-state index is 11.5. The zero-order valence-corrected chi connectivity index (χ0v) is 11.1. The Balaban J connectivity index is 4.21. The van der Waals surface area contributed by atoms with Crippen molar-refractivity contribution >= 4 is 17.9 Å². The van der Waals surface area contributed by atoms with Crippen LogP contribution < -0.4 is 16.0 Å². The Hall–Kier alpha value is -1.83. The first-order chi connectivity index (χ1) is 8.92. The van der Waals surface area contributed by atoms with Gasteiger partial charge in [0.25, 0.3) is 0 Å². The van der Waals surface area contributed by atoms with E-state index in [2.05, 4.69) is 16.0 Å². The summed E-state index contributed by atoms with van der Waals surface area (Å²) in [5.74, 6) is -1.58. The Morgan fingerprint density at radius 2 is 1.84 bits per heavy atom. The zero-order chi connectivity index (χ0) is 14.8. The van der Waals surface area contributed by atoms with Gasteiger partial charge in [-0.2, -0.15) is 0 Å². The number of carbonyl (C=O) groups excluding carboxylic acids is 2. The van der Waals surface area contributed by atoms with Crippen molar-refractivity contribution in [1.82, 2.24) is 16.0 Å². The number of aliphatic hydroxyl groups is 1. The van der Waals surface area contributed by atoms with Gasteiger partial charge < -0.3 is 26.2 Å². The van der Waals surface area contributed by atoms with E-state index in [1.54, 1.807) is 0 Å². The van der Waals surface area contributed by atoms with Crippen molar-refractivity contribution < 1.29 is 24.6 Å². The van der Waals surface area contributed by atoms with E-state index in [1.807, 2.05) is 6.92 Å². The second-order valence-electron chi connectivity index (χ2n) is 4.03. The molecule has 3 amide bonds. The highest BCUT2D eigenvalue weighted by molar-refractivity contribution is 5.88. The fraction of sp³-hybridized carbons (Fsp3) is 0.727. The van der Waals surface area contributed by atoms with E-state index in [9.17, 15) is 14.4 Å². The monoisotopic (exact) mass is 275 g/mol. The molecule has 0 rings (SSSR count). The molecule has 19 heavy (non-hydrogen) atoms. The summed E-state index contributed by atoms with van der Waals surface area (Å²) in [5, 5.41) is 24.5. The van der Waals surface area contributed by atoms with E-state index < -0.39 is 24.1 Å². The minimum Gasteiger partial charge on any atom is -0.480 e. The summed E-state index contributed by atoms with van der Waals surface area (Å²) in [7, 11) is 0. The lowest BCUT2D eigenvalue weighted by Crippen LogP contribution is -2.52. The molecule has 0 bridgehead atoms. The number of carboxylic acid groups (broad SMARTS) is 1. The molecule has 0 aliphatic heterocycles. The number of hydrogen-bond acceptors (Lipinski definition) is 4. The fourth-order valence-electron chi connectivity index (χ4n) is 1.25. The number of nitrogens with one attached hydrogen (secondary N) is 3. The van der Waals surface area contributed by atoms with E-state index in [-0.39, 0.29) is 18.9 Å². The lowest BCUT2D eigenvalue weighted by molar-refractivity contribution is -0.139. The molecule has 0 aromatic rings. The Morgan fingerprint density at radius 1 is 1.21 bits per heavy atom. The molecule has 110 valence electrons. The molecule has 2 atom stereocenters. The number of amides is 3. The third kappa shape index (κ3) is 7.24. The second-order valence-corrected chi connectivity index (χ2v) is 4.03. The number of urea groups is 1. The molecule has 0 radical (unpaired) electrons. The molecular weight excluding hydrogens is 254 g/mol. The number of aliphatic hydroxyl groups excluding tert-OH is 1. The summed E-state index contributed by atoms with van der Waals surface area (Å²) in [5.41, 5.74) is 0. The molecule has 0 aliphatic rings. The number of aliphatic carboxylic acids is 1. The van der Waals surface area contributed by atoms with E-state index >= 15 is 0 Å². The van der Waals surface area contributed by atoms with Crippen LogP contribution in [0, 0.1) is 0 Å². The maximum atomic E-state index is 11.5. The van der Waals surface area contributed by atoms with Gasteiger partial charge >= 0.3 is 12.0 Å². The minimum absolute atomic E-state index is 0.0981. The van der Waals surface area contributed by atoms with Gasteiger partial charge in [-0.1, -0.05) is 6.92 Å². The number of rotatable bonds is 8. The molecule has 8 nitrogen and oxygen atoms in total. The van der Waals surface area contributed by atoms with Gasteiger partial charge in [-0.05, 0) is 13.3 Å². The largest absolute Gasteiger partial charge is 0.480 e. The Bertz CT molecular complexity index is 321. The molecule has 0 fully saturated rings. The quantitative estimate of drug-likeness (QED) is 0.389. The van der Waals surface area contributed by atoms with E-state index in [0.29, 0.717) is 6.54 Å². The Labute approximate surface area is 111 Å². The standard InChI is InChI=1S/C11H21N3O5/c1-3-5-12-9(16)7(2)13-11(19)14-8(4-6-15)10(17)18/h7-8,15H,3-6H2,1-2H3,(H,12,16)(H,17,18)(H2,13,14,19)/t7?,8-/m1/s1. The lowest BCUT2D eigenvalue weighted by atomic mass is 10.2. The van der Waals surface area contributed by atoms with Crippen molar-refractivity contribution in [1.29, 1.82) is 0 Å². The molecular formula is C11H21N3O5. The molecule has 0 heterocycles. The van der Waals surface area contributed by atoms with Gasteiger partial charge in [0.05, 0.1) is 0 Å². The fourth-order valence-corrected chi connectivity index (χ4v) is 1.25. The predicted molar refractivity (Wildman–Crippen MR) is 67.6 cm³/mol. The van der Waals surface area contributed by atoms with Crippen molar-refractivity contribution in [3.8, 4) is 0 Å². The second kappa shape index (κ2) is 9.15. The molecule has 0 saturated carbocycles. The molecule has 0 aliphatic carbocycles. The van der Waals surface area contributed by atoms with Crippen LogP contribution in [0.15, 0.2) is 0 Å². The molecule has 8 heteroatoms. The van der Waals surface area contributed by atoms with Crippen molar-refractivity contribution in [2.75, 3.05) is 13.2 Å². The van der Waals surface area contributed by atoms with Gasteiger partial charge in [0.1, 0.15) is 12.1 Å². The molecule has 1 unspecified atom stereocenters. The van der Waals surface area contributed by atoms with Crippen LogP contribution in [0.4, 0.5) is 4.79 Å². The molecule has 0 aromatic carbocycles. The molecule has 0 spiro atoms. The van der Waals surface area contributed by atoms with Crippen LogP contribution in [-0.2, 0) is 9.59 Å². The first kappa shape index (κ1) is 17.2. The Morgan fingerprint density at radius 3 is 2.32 bits per heavy atom. The van der Waals surface area contributed by atoms with Gasteiger partial charge in [0.2, 0.25) is 5.91 Å². The van der Waals surface area contributed by atoms with Crippen LogP contribution in [0.25, 0.3) is 0 Å². The third-order valence-corrected chi connectivity index (χ3v) is 2.31. The molecule has 0 aromatic heterocycles. The lowest BCUT2D eigenvalue weighted by Gasteiger charge is -2.17.